The highest BCUT2D eigenvalue weighted by Gasteiger charge is 2.20. The van der Waals surface area contributed by atoms with Gasteiger partial charge in [-0.2, -0.15) is 0 Å². The normalized spacial score (nSPS) is 14.8. The standard InChI is InChI=1S/C18H24N2O/c1-14-16(9-10-21-14)12-20(2)13-17-6-4-3-5-15(17)11-19-18-7-8-18/h3-6,9-10,18-19H,7-8,11-13H2,1-2H3. The molecule has 3 nitrogen and oxygen atoms in total. The van der Waals surface area contributed by atoms with Crippen LogP contribution in [0, 0.1) is 6.92 Å². The monoisotopic (exact) mass is 284 g/mol. The van der Waals surface area contributed by atoms with E-state index in [2.05, 4.69) is 47.6 Å². The third kappa shape index (κ3) is 3.96. The minimum Gasteiger partial charge on any atom is -0.469 e. The number of hydrogen-bond acceptors (Lipinski definition) is 3. The van der Waals surface area contributed by atoms with E-state index < -0.39 is 0 Å². The summed E-state index contributed by atoms with van der Waals surface area (Å²) >= 11 is 0. The van der Waals surface area contributed by atoms with Crippen molar-refractivity contribution < 1.29 is 4.42 Å². The zero-order valence-electron chi connectivity index (χ0n) is 12.9. The number of nitrogens with one attached hydrogen (secondary N) is 1. The predicted octanol–water partition coefficient (Wildman–Crippen LogP) is 3.47. The molecule has 1 saturated carbocycles. The van der Waals surface area contributed by atoms with Crippen molar-refractivity contribution >= 4 is 0 Å². The molecule has 1 aliphatic carbocycles. The van der Waals surface area contributed by atoms with Crippen LogP contribution in [0.25, 0.3) is 0 Å². The first-order valence-electron chi connectivity index (χ1n) is 7.74. The molecule has 1 aromatic heterocycles. The fraction of sp³-hybridized carbons (Fsp3) is 0.444. The number of nitrogens with zero attached hydrogens (tertiary/aromatic N) is 1. The second kappa shape index (κ2) is 6.46. The molecule has 3 rings (SSSR count). The maximum Gasteiger partial charge on any atom is 0.105 e. The first-order chi connectivity index (χ1) is 10.2. The van der Waals surface area contributed by atoms with Gasteiger partial charge in [0.2, 0.25) is 0 Å². The van der Waals surface area contributed by atoms with E-state index in [0.717, 1.165) is 31.4 Å². The van der Waals surface area contributed by atoms with Crippen LogP contribution in [-0.2, 0) is 19.6 Å². The van der Waals surface area contributed by atoms with E-state index in [-0.39, 0.29) is 0 Å². The zero-order valence-corrected chi connectivity index (χ0v) is 12.9. The topological polar surface area (TPSA) is 28.4 Å². The van der Waals surface area contributed by atoms with Crippen LogP contribution in [0.15, 0.2) is 41.0 Å². The van der Waals surface area contributed by atoms with E-state index in [1.54, 1.807) is 6.26 Å². The Morgan fingerprint density at radius 3 is 2.48 bits per heavy atom. The first kappa shape index (κ1) is 14.4. The number of furan rings is 1. The largest absolute Gasteiger partial charge is 0.469 e. The molecular formula is C18H24N2O. The molecule has 1 N–H and O–H groups in total. The Balaban J connectivity index is 1.61. The molecule has 21 heavy (non-hydrogen) atoms. The number of rotatable bonds is 7. The van der Waals surface area contributed by atoms with Crippen LogP contribution in [0.5, 0.6) is 0 Å². The fourth-order valence-electron chi connectivity index (χ4n) is 2.64. The summed E-state index contributed by atoms with van der Waals surface area (Å²) in [6.45, 7) is 4.90. The minimum absolute atomic E-state index is 0.754. The summed E-state index contributed by atoms with van der Waals surface area (Å²) in [7, 11) is 2.16. The van der Waals surface area contributed by atoms with Gasteiger partial charge >= 0.3 is 0 Å². The Kier molecular flexibility index (Phi) is 4.42. The van der Waals surface area contributed by atoms with Crippen molar-refractivity contribution in [3.63, 3.8) is 0 Å². The van der Waals surface area contributed by atoms with Gasteiger partial charge in [-0.25, -0.2) is 0 Å². The second-order valence-corrected chi connectivity index (χ2v) is 6.10. The summed E-state index contributed by atoms with van der Waals surface area (Å²) in [6, 6.07) is 11.6. The van der Waals surface area contributed by atoms with Crippen molar-refractivity contribution in [1.29, 1.82) is 0 Å². The van der Waals surface area contributed by atoms with Gasteiger partial charge < -0.3 is 9.73 Å². The van der Waals surface area contributed by atoms with Crippen LogP contribution in [0.3, 0.4) is 0 Å². The van der Waals surface area contributed by atoms with Crippen molar-refractivity contribution in [2.45, 2.75) is 45.4 Å². The van der Waals surface area contributed by atoms with E-state index >= 15 is 0 Å². The molecule has 0 aliphatic heterocycles. The zero-order chi connectivity index (χ0) is 14.7. The number of benzene rings is 1. The predicted molar refractivity (Wildman–Crippen MR) is 84.9 cm³/mol. The Hall–Kier alpha value is -1.58. The fourth-order valence-corrected chi connectivity index (χ4v) is 2.64. The maximum atomic E-state index is 5.37. The van der Waals surface area contributed by atoms with E-state index in [4.69, 9.17) is 4.42 Å². The molecule has 0 spiro atoms. The van der Waals surface area contributed by atoms with Crippen LogP contribution >= 0.6 is 0 Å². The molecular weight excluding hydrogens is 260 g/mol. The summed E-state index contributed by atoms with van der Waals surface area (Å²) in [5, 5.41) is 3.61. The van der Waals surface area contributed by atoms with Crippen LogP contribution < -0.4 is 5.32 Å². The number of aryl methyl sites for hydroxylation is 1. The van der Waals surface area contributed by atoms with Crippen LogP contribution in [0.2, 0.25) is 0 Å². The molecule has 0 bridgehead atoms. The maximum absolute atomic E-state index is 5.37. The third-order valence-corrected chi connectivity index (χ3v) is 4.12. The van der Waals surface area contributed by atoms with Gasteiger partial charge in [-0.1, -0.05) is 24.3 Å². The highest BCUT2D eigenvalue weighted by atomic mass is 16.3. The Bertz CT molecular complexity index is 586. The van der Waals surface area contributed by atoms with E-state index in [9.17, 15) is 0 Å². The molecule has 0 amide bonds. The lowest BCUT2D eigenvalue weighted by Crippen LogP contribution is -2.21. The van der Waals surface area contributed by atoms with Crippen molar-refractivity contribution in [2.75, 3.05) is 7.05 Å². The Morgan fingerprint density at radius 1 is 1.10 bits per heavy atom. The lowest BCUT2D eigenvalue weighted by atomic mass is 10.1. The molecule has 0 radical (unpaired) electrons. The molecule has 0 unspecified atom stereocenters. The van der Waals surface area contributed by atoms with Gasteiger partial charge in [-0.3, -0.25) is 4.90 Å². The van der Waals surface area contributed by atoms with E-state index in [0.29, 0.717) is 0 Å². The van der Waals surface area contributed by atoms with Gasteiger partial charge in [0.15, 0.2) is 0 Å². The van der Waals surface area contributed by atoms with Crippen LogP contribution in [0.4, 0.5) is 0 Å². The lowest BCUT2D eigenvalue weighted by molar-refractivity contribution is 0.315. The van der Waals surface area contributed by atoms with Crippen molar-refractivity contribution in [3.05, 3.63) is 59.0 Å². The lowest BCUT2D eigenvalue weighted by Gasteiger charge is -2.19. The van der Waals surface area contributed by atoms with Crippen molar-refractivity contribution in [1.82, 2.24) is 10.2 Å². The molecule has 112 valence electrons. The summed E-state index contributed by atoms with van der Waals surface area (Å²) in [5.41, 5.74) is 4.10. The Labute approximate surface area is 127 Å². The highest BCUT2D eigenvalue weighted by molar-refractivity contribution is 5.27. The minimum atomic E-state index is 0.754. The van der Waals surface area contributed by atoms with Gasteiger partial charge in [0.25, 0.3) is 0 Å². The molecule has 0 atom stereocenters. The average molecular weight is 284 g/mol. The van der Waals surface area contributed by atoms with Crippen LogP contribution in [0.1, 0.15) is 35.3 Å². The molecule has 2 aromatic rings. The highest BCUT2D eigenvalue weighted by Crippen LogP contribution is 2.20. The Morgan fingerprint density at radius 2 is 1.81 bits per heavy atom. The van der Waals surface area contributed by atoms with E-state index in [1.165, 1.54) is 29.5 Å². The van der Waals surface area contributed by atoms with Gasteiger partial charge in [0, 0.05) is 31.2 Å². The summed E-state index contributed by atoms with van der Waals surface area (Å²) < 4.78 is 5.37. The quantitative estimate of drug-likeness (QED) is 0.844. The molecule has 0 saturated heterocycles. The summed E-state index contributed by atoms with van der Waals surface area (Å²) in [4.78, 5) is 2.34. The van der Waals surface area contributed by atoms with E-state index in [1.807, 2.05) is 6.92 Å². The molecule has 3 heteroatoms. The van der Waals surface area contributed by atoms with Crippen molar-refractivity contribution in [2.24, 2.45) is 0 Å². The smallest absolute Gasteiger partial charge is 0.105 e. The number of hydrogen-bond donors (Lipinski definition) is 1. The van der Waals surface area contributed by atoms with Gasteiger partial charge in [-0.05, 0) is 44.0 Å². The molecule has 1 fully saturated rings. The third-order valence-electron chi connectivity index (χ3n) is 4.12. The molecule has 1 heterocycles. The summed E-state index contributed by atoms with van der Waals surface area (Å²) in [6.07, 6.45) is 4.44. The van der Waals surface area contributed by atoms with Gasteiger partial charge in [0.1, 0.15) is 5.76 Å². The van der Waals surface area contributed by atoms with Gasteiger partial charge in [0.05, 0.1) is 6.26 Å². The van der Waals surface area contributed by atoms with Gasteiger partial charge in [-0.15, -0.1) is 0 Å². The second-order valence-electron chi connectivity index (χ2n) is 6.10. The first-order valence-corrected chi connectivity index (χ1v) is 7.74. The average Bonchev–Trinajstić information content (AvgIpc) is 3.22. The van der Waals surface area contributed by atoms with Crippen LogP contribution in [-0.4, -0.2) is 18.0 Å². The summed E-state index contributed by atoms with van der Waals surface area (Å²) in [5.74, 6) is 1.02. The molecule has 1 aromatic carbocycles. The molecule has 1 aliphatic rings. The van der Waals surface area contributed by atoms with Crippen molar-refractivity contribution in [3.8, 4) is 0 Å². The SMILES string of the molecule is Cc1occc1CN(C)Cc1ccccc1CNC1CC1.